The molecule has 0 saturated carbocycles. The molecule has 0 unspecified atom stereocenters. The molecule has 0 saturated heterocycles. The van der Waals surface area contributed by atoms with Crippen molar-refractivity contribution in [3.8, 4) is 0 Å². The van der Waals surface area contributed by atoms with Crippen molar-refractivity contribution >= 4 is 41.6 Å². The van der Waals surface area contributed by atoms with Crippen LogP contribution in [0.25, 0.3) is 0 Å². The van der Waals surface area contributed by atoms with Crippen molar-refractivity contribution in [1.82, 2.24) is 0 Å². The zero-order chi connectivity index (χ0) is 6.41. The molecule has 0 aromatic rings. The van der Waals surface area contributed by atoms with Crippen LogP contribution in [0.15, 0.2) is 0 Å². The van der Waals surface area contributed by atoms with Gasteiger partial charge in [0, 0.05) is 6.42 Å². The molecule has 0 aliphatic carbocycles. The van der Waals surface area contributed by atoms with Gasteiger partial charge in [-0.25, -0.2) is 0 Å². The van der Waals surface area contributed by atoms with E-state index >= 15 is 0 Å². The molecule has 0 aliphatic rings. The Balaban J connectivity index is 0. The quantitative estimate of drug-likeness (QED) is 0.318. The molecule has 0 N–H and O–H groups in total. The van der Waals surface area contributed by atoms with Crippen molar-refractivity contribution in [2.24, 2.45) is 0 Å². The monoisotopic (exact) mass is 138 g/mol. The number of rotatable bonds is 4. The SMILES string of the molecule is CCCC(=O)CC=O.[NaH]. The predicted molar refractivity (Wildman–Crippen MR) is 37.7 cm³/mol. The van der Waals surface area contributed by atoms with Gasteiger partial charge >= 0.3 is 29.6 Å². The second-order valence-electron chi connectivity index (χ2n) is 1.66. The van der Waals surface area contributed by atoms with Crippen LogP contribution in [0.4, 0.5) is 0 Å². The van der Waals surface area contributed by atoms with Gasteiger partial charge in [0.2, 0.25) is 0 Å². The molecule has 0 bridgehead atoms. The summed E-state index contributed by atoms with van der Waals surface area (Å²) in [5.74, 6) is 0.0440. The Morgan fingerprint density at radius 2 is 2.11 bits per heavy atom. The number of hydrogen-bond donors (Lipinski definition) is 0. The maximum atomic E-state index is 10.4. The maximum absolute atomic E-state index is 10.4. The molecule has 0 spiro atoms. The molecule has 0 rings (SSSR count). The Morgan fingerprint density at radius 1 is 1.56 bits per heavy atom. The summed E-state index contributed by atoms with van der Waals surface area (Å²) in [7, 11) is 0. The number of carbonyl (C=O) groups is 2. The van der Waals surface area contributed by atoms with Crippen molar-refractivity contribution in [2.75, 3.05) is 0 Å². The first kappa shape index (κ1) is 12.1. The standard InChI is InChI=1S/C6H10O2.Na.H/c1-2-3-6(8)4-5-7;;/h5H,2-4H2,1H3;;. The topological polar surface area (TPSA) is 34.1 Å². The molecule has 0 aromatic heterocycles. The predicted octanol–water partition coefficient (Wildman–Crippen LogP) is 0.296. The number of ketones is 1. The van der Waals surface area contributed by atoms with Gasteiger partial charge in [0.25, 0.3) is 0 Å². The molecule has 0 atom stereocenters. The molecule has 0 heterocycles. The summed E-state index contributed by atoms with van der Waals surface area (Å²) in [6.07, 6.45) is 2.12. The van der Waals surface area contributed by atoms with Crippen LogP contribution in [-0.4, -0.2) is 41.6 Å². The normalized spacial score (nSPS) is 7.67. The van der Waals surface area contributed by atoms with Gasteiger partial charge in [-0.3, -0.25) is 4.79 Å². The third-order valence-corrected chi connectivity index (χ3v) is 0.840. The van der Waals surface area contributed by atoms with Gasteiger partial charge < -0.3 is 4.79 Å². The van der Waals surface area contributed by atoms with E-state index in [1.54, 1.807) is 0 Å². The van der Waals surface area contributed by atoms with Crippen LogP contribution in [-0.2, 0) is 9.59 Å². The van der Waals surface area contributed by atoms with Crippen LogP contribution in [0.5, 0.6) is 0 Å². The van der Waals surface area contributed by atoms with Gasteiger partial charge in [-0.15, -0.1) is 0 Å². The Labute approximate surface area is 77.3 Å². The van der Waals surface area contributed by atoms with Crippen LogP contribution < -0.4 is 0 Å². The summed E-state index contributed by atoms with van der Waals surface area (Å²) >= 11 is 0. The minimum absolute atomic E-state index is 0. The van der Waals surface area contributed by atoms with E-state index in [1.807, 2.05) is 6.92 Å². The molecular formula is C6H11NaO2. The summed E-state index contributed by atoms with van der Waals surface area (Å²) in [6.45, 7) is 1.92. The average molecular weight is 138 g/mol. The number of aldehydes is 1. The average Bonchev–Trinajstić information content (AvgIpc) is 1.68. The number of carbonyl (C=O) groups excluding carboxylic acids is 2. The first-order valence-electron chi connectivity index (χ1n) is 2.76. The summed E-state index contributed by atoms with van der Waals surface area (Å²) < 4.78 is 0. The molecule has 0 amide bonds. The van der Waals surface area contributed by atoms with E-state index in [2.05, 4.69) is 0 Å². The first-order chi connectivity index (χ1) is 3.81. The van der Waals surface area contributed by atoms with Crippen LogP contribution in [0.2, 0.25) is 0 Å². The fourth-order valence-corrected chi connectivity index (χ4v) is 0.474. The molecule has 9 heavy (non-hydrogen) atoms. The first-order valence-corrected chi connectivity index (χ1v) is 2.76. The molecule has 0 radical (unpaired) electrons. The third-order valence-electron chi connectivity index (χ3n) is 0.840. The molecule has 3 heteroatoms. The van der Waals surface area contributed by atoms with E-state index in [9.17, 15) is 9.59 Å². The molecular weight excluding hydrogens is 127 g/mol. The van der Waals surface area contributed by atoms with Crippen molar-refractivity contribution in [3.05, 3.63) is 0 Å². The Hall–Kier alpha value is 0.340. The fraction of sp³-hybridized carbons (Fsp3) is 0.667. The van der Waals surface area contributed by atoms with Crippen LogP contribution in [0.1, 0.15) is 26.2 Å². The van der Waals surface area contributed by atoms with E-state index in [0.717, 1.165) is 6.42 Å². The van der Waals surface area contributed by atoms with Gasteiger partial charge in [0.05, 0.1) is 6.42 Å². The van der Waals surface area contributed by atoms with Gasteiger partial charge in [-0.1, -0.05) is 6.92 Å². The second kappa shape index (κ2) is 8.34. The molecule has 0 aliphatic heterocycles. The van der Waals surface area contributed by atoms with Crippen LogP contribution in [0, 0.1) is 0 Å². The Kier molecular flexibility index (Phi) is 11.2. The van der Waals surface area contributed by atoms with Crippen molar-refractivity contribution in [2.45, 2.75) is 26.2 Å². The van der Waals surface area contributed by atoms with Crippen molar-refractivity contribution < 1.29 is 9.59 Å². The van der Waals surface area contributed by atoms with Gasteiger partial charge in [-0.05, 0) is 6.42 Å². The summed E-state index contributed by atoms with van der Waals surface area (Å²) in [5, 5.41) is 0. The number of Topliss-reactive ketones (excluding diaryl/α,β-unsaturated/α-hetero) is 1. The molecule has 2 nitrogen and oxygen atoms in total. The second-order valence-corrected chi connectivity index (χ2v) is 1.66. The van der Waals surface area contributed by atoms with Gasteiger partial charge in [0.15, 0.2) is 0 Å². The Bertz CT molecular complexity index is 91.1. The molecule has 0 aromatic carbocycles. The van der Waals surface area contributed by atoms with E-state index in [4.69, 9.17) is 0 Å². The molecule has 0 fully saturated rings. The van der Waals surface area contributed by atoms with Crippen molar-refractivity contribution in [1.29, 1.82) is 0 Å². The van der Waals surface area contributed by atoms with Gasteiger partial charge in [-0.2, -0.15) is 0 Å². The zero-order valence-electron chi connectivity index (χ0n) is 5.02. The van der Waals surface area contributed by atoms with Gasteiger partial charge in [0.1, 0.15) is 12.1 Å². The third kappa shape index (κ3) is 8.34. The minimum atomic E-state index is 0. The Morgan fingerprint density at radius 3 is 2.44 bits per heavy atom. The van der Waals surface area contributed by atoms with E-state index < -0.39 is 0 Å². The number of hydrogen-bond acceptors (Lipinski definition) is 2. The molecule has 48 valence electrons. The summed E-state index contributed by atoms with van der Waals surface area (Å²) in [5.41, 5.74) is 0. The zero-order valence-corrected chi connectivity index (χ0v) is 5.02. The van der Waals surface area contributed by atoms with Crippen molar-refractivity contribution in [3.63, 3.8) is 0 Å². The van der Waals surface area contributed by atoms with E-state index in [0.29, 0.717) is 12.7 Å². The van der Waals surface area contributed by atoms with E-state index in [1.165, 1.54) is 0 Å². The van der Waals surface area contributed by atoms with E-state index in [-0.39, 0.29) is 41.8 Å². The van der Waals surface area contributed by atoms with Crippen LogP contribution >= 0.6 is 0 Å². The fourth-order valence-electron chi connectivity index (χ4n) is 0.474. The van der Waals surface area contributed by atoms with Crippen LogP contribution in [0.3, 0.4) is 0 Å². The summed E-state index contributed by atoms with van der Waals surface area (Å²) in [4.78, 5) is 20.1. The summed E-state index contributed by atoms with van der Waals surface area (Å²) in [6, 6.07) is 0.